The van der Waals surface area contributed by atoms with Gasteiger partial charge in [-0.15, -0.1) is 0 Å². The van der Waals surface area contributed by atoms with Crippen molar-refractivity contribution in [3.63, 3.8) is 0 Å². The molecule has 3 aromatic rings. The van der Waals surface area contributed by atoms with Gasteiger partial charge in [0.25, 0.3) is 0 Å². The lowest BCUT2D eigenvalue weighted by Crippen LogP contribution is -2.16. The zero-order chi connectivity index (χ0) is 17.8. The fraction of sp³-hybridized carbons (Fsp3) is 0.105. The molecule has 1 heterocycles. The van der Waals surface area contributed by atoms with Crippen LogP contribution < -0.4 is 10.7 Å². The monoisotopic (exact) mass is 357 g/mol. The second-order valence-corrected chi connectivity index (χ2v) is 5.82. The van der Waals surface area contributed by atoms with E-state index in [0.29, 0.717) is 10.6 Å². The maximum atomic E-state index is 12.0. The molecule has 1 atom stereocenters. The van der Waals surface area contributed by atoms with E-state index in [1.165, 1.54) is 0 Å². The van der Waals surface area contributed by atoms with Crippen LogP contribution in [0.1, 0.15) is 23.1 Å². The number of aromatic hydroxyl groups is 1. The highest BCUT2D eigenvalue weighted by Crippen LogP contribution is 2.34. The van der Waals surface area contributed by atoms with Crippen LogP contribution in [0.15, 0.2) is 69.9 Å². The summed E-state index contributed by atoms with van der Waals surface area (Å²) in [6.45, 7) is -0.455. The molecule has 1 unspecified atom stereocenters. The van der Waals surface area contributed by atoms with E-state index in [2.05, 4.69) is 5.32 Å². The summed E-state index contributed by atoms with van der Waals surface area (Å²) in [5, 5.41) is 23.2. The summed E-state index contributed by atoms with van der Waals surface area (Å²) in [4.78, 5) is 12.0. The number of anilines is 1. The largest absolute Gasteiger partial charge is 0.502 e. The minimum Gasteiger partial charge on any atom is -0.502 e. The lowest BCUT2D eigenvalue weighted by atomic mass is 10.0. The Bertz CT molecular complexity index is 924. The Hall–Kier alpha value is -2.76. The summed E-state index contributed by atoms with van der Waals surface area (Å²) in [6.07, 6.45) is 0. The van der Waals surface area contributed by atoms with Gasteiger partial charge in [0.05, 0.1) is 0 Å². The van der Waals surface area contributed by atoms with E-state index >= 15 is 0 Å². The molecule has 6 heteroatoms. The fourth-order valence-corrected chi connectivity index (χ4v) is 2.77. The molecular weight excluding hydrogens is 342 g/mol. The smallest absolute Gasteiger partial charge is 0.227 e. The Morgan fingerprint density at radius 2 is 1.76 bits per heavy atom. The van der Waals surface area contributed by atoms with Crippen molar-refractivity contribution in [2.75, 3.05) is 5.32 Å². The normalized spacial score (nSPS) is 11.9. The Balaban J connectivity index is 2.16. The topological polar surface area (TPSA) is 82.7 Å². The highest BCUT2D eigenvalue weighted by Gasteiger charge is 2.25. The molecular formula is C19H16ClNO4. The van der Waals surface area contributed by atoms with Gasteiger partial charge >= 0.3 is 0 Å². The number of para-hydroxylation sites is 1. The number of benzene rings is 2. The molecule has 1 aromatic heterocycles. The molecule has 0 saturated heterocycles. The van der Waals surface area contributed by atoms with E-state index in [4.69, 9.17) is 16.0 Å². The van der Waals surface area contributed by atoms with E-state index in [-0.39, 0.29) is 11.5 Å². The number of halogens is 1. The van der Waals surface area contributed by atoms with Crippen LogP contribution in [0.2, 0.25) is 5.02 Å². The number of hydrogen-bond acceptors (Lipinski definition) is 5. The van der Waals surface area contributed by atoms with Gasteiger partial charge in [-0.2, -0.15) is 0 Å². The first kappa shape index (κ1) is 17.1. The van der Waals surface area contributed by atoms with Crippen molar-refractivity contribution in [2.45, 2.75) is 12.6 Å². The molecule has 0 bridgehead atoms. The standard InChI is InChI=1S/C19H16ClNO4/c20-15-9-5-4-8-14(15)17(21-12-6-2-1-3-7-12)19-18(24)16(23)10-13(11-22)25-19/h1-10,17,21-22,24H,11H2. The van der Waals surface area contributed by atoms with E-state index < -0.39 is 23.8 Å². The van der Waals surface area contributed by atoms with Crippen LogP contribution in [0.25, 0.3) is 0 Å². The highest BCUT2D eigenvalue weighted by atomic mass is 35.5. The summed E-state index contributed by atoms with van der Waals surface area (Å²) in [6, 6.07) is 16.7. The number of rotatable bonds is 5. The predicted molar refractivity (Wildman–Crippen MR) is 95.9 cm³/mol. The SMILES string of the molecule is O=c1cc(CO)oc(C(Nc2ccccc2)c2ccccc2Cl)c1O. The third-order valence-corrected chi connectivity index (χ3v) is 4.06. The zero-order valence-corrected chi connectivity index (χ0v) is 13.9. The van der Waals surface area contributed by atoms with Gasteiger partial charge in [0.15, 0.2) is 5.76 Å². The van der Waals surface area contributed by atoms with E-state index in [9.17, 15) is 15.0 Å². The number of aliphatic hydroxyl groups is 1. The maximum absolute atomic E-state index is 12.0. The van der Waals surface area contributed by atoms with Crippen molar-refractivity contribution < 1.29 is 14.6 Å². The lowest BCUT2D eigenvalue weighted by Gasteiger charge is -2.21. The number of hydrogen-bond donors (Lipinski definition) is 3. The molecule has 128 valence electrons. The van der Waals surface area contributed by atoms with Crippen molar-refractivity contribution in [1.29, 1.82) is 0 Å². The van der Waals surface area contributed by atoms with Gasteiger partial charge in [-0.1, -0.05) is 48.0 Å². The fourth-order valence-electron chi connectivity index (χ4n) is 2.52. The van der Waals surface area contributed by atoms with Gasteiger partial charge in [0, 0.05) is 22.3 Å². The first-order valence-electron chi connectivity index (χ1n) is 7.63. The van der Waals surface area contributed by atoms with Crippen molar-refractivity contribution in [1.82, 2.24) is 0 Å². The van der Waals surface area contributed by atoms with Crippen molar-refractivity contribution in [3.8, 4) is 5.75 Å². The first-order chi connectivity index (χ1) is 12.1. The summed E-state index contributed by atoms with van der Waals surface area (Å²) >= 11 is 6.31. The zero-order valence-electron chi connectivity index (χ0n) is 13.1. The Morgan fingerprint density at radius 1 is 1.08 bits per heavy atom. The van der Waals surface area contributed by atoms with Crippen LogP contribution >= 0.6 is 11.6 Å². The molecule has 25 heavy (non-hydrogen) atoms. The van der Waals surface area contributed by atoms with E-state index in [0.717, 1.165) is 11.8 Å². The summed E-state index contributed by atoms with van der Waals surface area (Å²) in [5.74, 6) is -0.469. The molecule has 0 aliphatic heterocycles. The summed E-state index contributed by atoms with van der Waals surface area (Å²) in [7, 11) is 0. The molecule has 2 aromatic carbocycles. The van der Waals surface area contributed by atoms with Crippen LogP contribution in [0, 0.1) is 0 Å². The second kappa shape index (κ2) is 7.42. The van der Waals surface area contributed by atoms with Crippen LogP contribution in [-0.4, -0.2) is 10.2 Å². The number of nitrogens with one attached hydrogen (secondary N) is 1. The molecule has 3 N–H and O–H groups in total. The van der Waals surface area contributed by atoms with Crippen molar-refractivity contribution >= 4 is 17.3 Å². The van der Waals surface area contributed by atoms with Crippen molar-refractivity contribution in [3.05, 3.63) is 93.0 Å². The molecule has 0 saturated carbocycles. The molecule has 0 fully saturated rings. The molecule has 3 rings (SSSR count). The molecule has 0 amide bonds. The van der Waals surface area contributed by atoms with Crippen LogP contribution in [-0.2, 0) is 6.61 Å². The van der Waals surface area contributed by atoms with Gasteiger partial charge in [-0.05, 0) is 18.2 Å². The maximum Gasteiger partial charge on any atom is 0.227 e. The quantitative estimate of drug-likeness (QED) is 0.648. The molecule has 0 aliphatic rings. The third-order valence-electron chi connectivity index (χ3n) is 3.72. The van der Waals surface area contributed by atoms with Gasteiger partial charge in [-0.3, -0.25) is 4.79 Å². The Kier molecular flexibility index (Phi) is 5.07. The summed E-state index contributed by atoms with van der Waals surface area (Å²) < 4.78 is 5.56. The Morgan fingerprint density at radius 3 is 2.44 bits per heavy atom. The van der Waals surface area contributed by atoms with E-state index in [1.54, 1.807) is 24.3 Å². The van der Waals surface area contributed by atoms with Crippen LogP contribution in [0.5, 0.6) is 5.75 Å². The summed E-state index contributed by atoms with van der Waals surface area (Å²) in [5.41, 5.74) is 0.752. The van der Waals surface area contributed by atoms with Gasteiger partial charge in [0.2, 0.25) is 11.2 Å². The van der Waals surface area contributed by atoms with Crippen molar-refractivity contribution in [2.24, 2.45) is 0 Å². The minimum absolute atomic E-state index is 0.00602. The minimum atomic E-state index is -0.713. The van der Waals surface area contributed by atoms with Gasteiger partial charge < -0.3 is 19.9 Å². The molecule has 5 nitrogen and oxygen atoms in total. The second-order valence-electron chi connectivity index (χ2n) is 5.41. The third kappa shape index (κ3) is 3.68. The molecule has 0 radical (unpaired) electrons. The van der Waals surface area contributed by atoms with Crippen LogP contribution in [0.4, 0.5) is 5.69 Å². The number of aliphatic hydroxyl groups excluding tert-OH is 1. The lowest BCUT2D eigenvalue weighted by molar-refractivity contribution is 0.234. The average Bonchev–Trinajstić information content (AvgIpc) is 2.63. The first-order valence-corrected chi connectivity index (χ1v) is 8.00. The predicted octanol–water partition coefficient (Wildman–Crippen LogP) is 3.69. The highest BCUT2D eigenvalue weighted by molar-refractivity contribution is 6.31. The molecule has 0 aliphatic carbocycles. The molecule has 0 spiro atoms. The van der Waals surface area contributed by atoms with Gasteiger partial charge in [-0.25, -0.2) is 0 Å². The average molecular weight is 358 g/mol. The van der Waals surface area contributed by atoms with Gasteiger partial charge in [0.1, 0.15) is 18.4 Å². The Labute approximate surface area is 149 Å². The van der Waals surface area contributed by atoms with Crippen LogP contribution in [0.3, 0.4) is 0 Å². The van der Waals surface area contributed by atoms with E-state index in [1.807, 2.05) is 30.3 Å².